The number of nitrogens with zero attached hydrogens (tertiary/aromatic N) is 4. The first-order valence-corrected chi connectivity index (χ1v) is 6.67. The first-order valence-electron chi connectivity index (χ1n) is 6.29. The fraction of sp³-hybridized carbons (Fsp3) is 0.583. The molecule has 0 saturated heterocycles. The third-order valence-electron chi connectivity index (χ3n) is 3.17. The molecule has 0 amide bonds. The van der Waals surface area contributed by atoms with E-state index in [4.69, 9.17) is 16.3 Å². The summed E-state index contributed by atoms with van der Waals surface area (Å²) in [7, 11) is 1.69. The molecule has 0 aliphatic heterocycles. The van der Waals surface area contributed by atoms with Gasteiger partial charge in [0.15, 0.2) is 11.5 Å². The molecule has 0 aromatic carbocycles. The summed E-state index contributed by atoms with van der Waals surface area (Å²) in [6.07, 6.45) is 2.60. The Bertz CT molecular complexity index is 544. The van der Waals surface area contributed by atoms with Crippen LogP contribution in [0.15, 0.2) is 6.33 Å². The van der Waals surface area contributed by atoms with Crippen LogP contribution in [0.1, 0.15) is 20.3 Å². The molecule has 0 bridgehead atoms. The van der Waals surface area contributed by atoms with Crippen LogP contribution in [0.5, 0.6) is 0 Å². The molecule has 0 radical (unpaired) electrons. The van der Waals surface area contributed by atoms with Crippen molar-refractivity contribution in [2.45, 2.75) is 26.3 Å². The van der Waals surface area contributed by atoms with Crippen LogP contribution < -0.4 is 4.90 Å². The molecule has 0 aliphatic carbocycles. The molecule has 1 atom stereocenters. The SMILES string of the molecule is CCC(C)N(CCOC)c1nc(Cl)nc2nc[nH]c12. The Balaban J connectivity index is 2.44. The number of hydrogen-bond donors (Lipinski definition) is 1. The van der Waals surface area contributed by atoms with E-state index in [0.717, 1.165) is 24.3 Å². The lowest BCUT2D eigenvalue weighted by Crippen LogP contribution is -2.36. The van der Waals surface area contributed by atoms with Crippen molar-refractivity contribution in [2.75, 3.05) is 25.2 Å². The second-order valence-corrected chi connectivity index (χ2v) is 4.70. The molecule has 0 fully saturated rings. The molecule has 0 spiro atoms. The van der Waals surface area contributed by atoms with Crippen molar-refractivity contribution in [3.05, 3.63) is 11.6 Å². The zero-order chi connectivity index (χ0) is 13.8. The number of H-pyrrole nitrogens is 1. The maximum absolute atomic E-state index is 5.97. The summed E-state index contributed by atoms with van der Waals surface area (Å²) < 4.78 is 5.17. The van der Waals surface area contributed by atoms with Gasteiger partial charge in [0.25, 0.3) is 0 Å². The lowest BCUT2D eigenvalue weighted by molar-refractivity contribution is 0.203. The number of anilines is 1. The van der Waals surface area contributed by atoms with E-state index >= 15 is 0 Å². The maximum atomic E-state index is 5.97. The Morgan fingerprint density at radius 2 is 2.26 bits per heavy atom. The van der Waals surface area contributed by atoms with E-state index in [1.807, 2.05) is 0 Å². The van der Waals surface area contributed by atoms with Crippen LogP contribution >= 0.6 is 11.6 Å². The number of imidazole rings is 1. The fourth-order valence-corrected chi connectivity index (χ4v) is 2.11. The smallest absolute Gasteiger partial charge is 0.226 e. The number of methoxy groups -OCH3 is 1. The number of hydrogen-bond acceptors (Lipinski definition) is 5. The van der Waals surface area contributed by atoms with Gasteiger partial charge in [-0.3, -0.25) is 0 Å². The van der Waals surface area contributed by atoms with E-state index < -0.39 is 0 Å². The topological polar surface area (TPSA) is 66.9 Å². The predicted octanol–water partition coefficient (Wildman–Crippen LogP) is 2.26. The minimum absolute atomic E-state index is 0.209. The zero-order valence-corrected chi connectivity index (χ0v) is 12.1. The molecule has 0 saturated carbocycles. The average molecular weight is 284 g/mol. The molecule has 19 heavy (non-hydrogen) atoms. The minimum atomic E-state index is 0.209. The van der Waals surface area contributed by atoms with Gasteiger partial charge < -0.3 is 14.6 Å². The van der Waals surface area contributed by atoms with Crippen molar-refractivity contribution in [3.63, 3.8) is 0 Å². The number of halogens is 1. The highest BCUT2D eigenvalue weighted by molar-refractivity contribution is 6.28. The summed E-state index contributed by atoms with van der Waals surface area (Å²) in [5.41, 5.74) is 1.39. The van der Waals surface area contributed by atoms with Crippen LogP contribution in [0, 0.1) is 0 Å². The van der Waals surface area contributed by atoms with Crippen molar-refractivity contribution in [2.24, 2.45) is 0 Å². The second-order valence-electron chi connectivity index (χ2n) is 4.36. The van der Waals surface area contributed by atoms with Gasteiger partial charge in [0.2, 0.25) is 5.28 Å². The first kappa shape index (κ1) is 14.0. The van der Waals surface area contributed by atoms with Crippen LogP contribution in [0.3, 0.4) is 0 Å². The molecule has 7 heteroatoms. The van der Waals surface area contributed by atoms with E-state index in [2.05, 4.69) is 38.7 Å². The van der Waals surface area contributed by atoms with E-state index in [1.165, 1.54) is 0 Å². The highest BCUT2D eigenvalue weighted by atomic mass is 35.5. The summed E-state index contributed by atoms with van der Waals surface area (Å²) in [4.78, 5) is 17.8. The molecule has 104 valence electrons. The van der Waals surface area contributed by atoms with Gasteiger partial charge in [-0.25, -0.2) is 4.98 Å². The summed E-state index contributed by atoms with van der Waals surface area (Å²) >= 11 is 5.97. The van der Waals surface area contributed by atoms with Gasteiger partial charge in [-0.1, -0.05) is 6.92 Å². The second kappa shape index (κ2) is 6.16. The number of aromatic nitrogens is 4. The third kappa shape index (κ3) is 2.96. The van der Waals surface area contributed by atoms with Crippen molar-refractivity contribution in [3.8, 4) is 0 Å². The van der Waals surface area contributed by atoms with Crippen LogP contribution in [-0.2, 0) is 4.74 Å². The summed E-state index contributed by atoms with van der Waals surface area (Å²) in [6.45, 7) is 5.65. The third-order valence-corrected chi connectivity index (χ3v) is 3.34. The predicted molar refractivity (Wildman–Crippen MR) is 75.7 cm³/mol. The highest BCUT2D eigenvalue weighted by Crippen LogP contribution is 2.25. The molecular formula is C12H18ClN5O. The molecule has 6 nitrogen and oxygen atoms in total. The quantitative estimate of drug-likeness (QED) is 0.824. The lowest BCUT2D eigenvalue weighted by Gasteiger charge is -2.29. The summed E-state index contributed by atoms with van der Waals surface area (Å²) in [5.74, 6) is 0.777. The monoisotopic (exact) mass is 283 g/mol. The molecule has 0 aliphatic rings. The molecule has 1 N–H and O–H groups in total. The number of ether oxygens (including phenoxy) is 1. The lowest BCUT2D eigenvalue weighted by atomic mass is 10.2. The normalized spacial score (nSPS) is 12.8. The van der Waals surface area contributed by atoms with Crippen molar-refractivity contribution < 1.29 is 4.74 Å². The largest absolute Gasteiger partial charge is 0.383 e. The Morgan fingerprint density at radius 1 is 1.47 bits per heavy atom. The van der Waals surface area contributed by atoms with Crippen LogP contribution in [0.4, 0.5) is 5.82 Å². The van der Waals surface area contributed by atoms with Gasteiger partial charge in [0.05, 0.1) is 12.9 Å². The summed E-state index contributed by atoms with van der Waals surface area (Å²) in [5, 5.41) is 0.209. The molecule has 2 aromatic heterocycles. The number of nitrogens with one attached hydrogen (secondary N) is 1. The van der Waals surface area contributed by atoms with Gasteiger partial charge in [0.1, 0.15) is 5.52 Å². The Morgan fingerprint density at radius 3 is 2.95 bits per heavy atom. The van der Waals surface area contributed by atoms with Gasteiger partial charge in [-0.2, -0.15) is 9.97 Å². The molecule has 2 aromatic rings. The van der Waals surface area contributed by atoms with Gasteiger partial charge in [-0.05, 0) is 24.9 Å². The Hall–Kier alpha value is -1.40. The molecule has 1 unspecified atom stereocenters. The molecule has 2 heterocycles. The van der Waals surface area contributed by atoms with Gasteiger partial charge in [-0.15, -0.1) is 0 Å². The minimum Gasteiger partial charge on any atom is -0.383 e. The van der Waals surface area contributed by atoms with Crippen molar-refractivity contribution in [1.82, 2.24) is 19.9 Å². The van der Waals surface area contributed by atoms with E-state index in [9.17, 15) is 0 Å². The van der Waals surface area contributed by atoms with Crippen molar-refractivity contribution in [1.29, 1.82) is 0 Å². The zero-order valence-electron chi connectivity index (χ0n) is 11.4. The first-order chi connectivity index (χ1) is 9.17. The Labute approximate surface area is 117 Å². The fourth-order valence-electron chi connectivity index (χ4n) is 1.94. The maximum Gasteiger partial charge on any atom is 0.226 e. The van der Waals surface area contributed by atoms with Gasteiger partial charge in [0, 0.05) is 19.7 Å². The van der Waals surface area contributed by atoms with E-state index in [-0.39, 0.29) is 5.28 Å². The van der Waals surface area contributed by atoms with Crippen LogP contribution in [-0.4, -0.2) is 46.2 Å². The molecular weight excluding hydrogens is 266 g/mol. The van der Waals surface area contributed by atoms with Gasteiger partial charge >= 0.3 is 0 Å². The highest BCUT2D eigenvalue weighted by Gasteiger charge is 2.19. The number of aromatic amines is 1. The molecule has 2 rings (SSSR count). The van der Waals surface area contributed by atoms with Crippen LogP contribution in [0.2, 0.25) is 5.28 Å². The number of rotatable bonds is 6. The Kier molecular flexibility index (Phi) is 4.55. The van der Waals surface area contributed by atoms with E-state index in [1.54, 1.807) is 13.4 Å². The number of fused-ring (bicyclic) bond motifs is 1. The van der Waals surface area contributed by atoms with E-state index in [0.29, 0.717) is 18.3 Å². The van der Waals surface area contributed by atoms with Crippen LogP contribution in [0.25, 0.3) is 11.2 Å². The standard InChI is InChI=1S/C12H18ClN5O/c1-4-8(2)18(5-6-19-3)11-9-10(15-7-14-9)16-12(13)17-11/h7-8H,4-6H2,1-3H3,(H,14,15,16,17). The summed E-state index contributed by atoms with van der Waals surface area (Å²) in [6, 6.07) is 0.326. The van der Waals surface area contributed by atoms with Crippen molar-refractivity contribution >= 4 is 28.6 Å². The average Bonchev–Trinajstić information content (AvgIpc) is 2.86.